The van der Waals surface area contributed by atoms with E-state index in [2.05, 4.69) is 22.0 Å². The van der Waals surface area contributed by atoms with Crippen molar-refractivity contribution in [3.63, 3.8) is 0 Å². The van der Waals surface area contributed by atoms with E-state index >= 15 is 0 Å². The molecule has 0 saturated carbocycles. The number of carbonyl (C=O) groups excluding carboxylic acids is 1. The van der Waals surface area contributed by atoms with E-state index in [4.69, 9.17) is 9.47 Å². The molecule has 5 nitrogen and oxygen atoms in total. The van der Waals surface area contributed by atoms with Gasteiger partial charge < -0.3 is 19.4 Å². The van der Waals surface area contributed by atoms with Gasteiger partial charge in [0.15, 0.2) is 0 Å². The topological polar surface area (TPSA) is 52.5 Å². The maximum Gasteiger partial charge on any atom is 0.251 e. The summed E-state index contributed by atoms with van der Waals surface area (Å²) in [6.07, 6.45) is 3.78. The van der Waals surface area contributed by atoms with E-state index in [0.717, 1.165) is 29.5 Å². The molecule has 28 heavy (non-hydrogen) atoms. The van der Waals surface area contributed by atoms with E-state index in [0.29, 0.717) is 25.3 Å². The summed E-state index contributed by atoms with van der Waals surface area (Å²) in [5.41, 5.74) is 2.92. The molecule has 0 aliphatic carbocycles. The molecule has 5 heteroatoms. The maximum absolute atomic E-state index is 12.8. The van der Waals surface area contributed by atoms with Crippen LogP contribution in [0, 0.1) is 0 Å². The van der Waals surface area contributed by atoms with Crippen LogP contribution in [0.15, 0.2) is 54.7 Å². The van der Waals surface area contributed by atoms with E-state index in [1.165, 1.54) is 5.56 Å². The van der Waals surface area contributed by atoms with Crippen molar-refractivity contribution in [1.29, 1.82) is 0 Å². The van der Waals surface area contributed by atoms with Crippen LogP contribution in [-0.4, -0.2) is 37.3 Å². The van der Waals surface area contributed by atoms with Gasteiger partial charge in [0.2, 0.25) is 0 Å². The minimum atomic E-state index is -0.114. The highest BCUT2D eigenvalue weighted by Crippen LogP contribution is 2.35. The molecular formula is C23H26N2O3. The molecule has 0 radical (unpaired) electrons. The number of hydrogen-bond acceptors (Lipinski definition) is 3. The normalized spacial score (nSPS) is 16.1. The molecule has 1 N–H and O–H groups in total. The minimum absolute atomic E-state index is 0.0369. The molecule has 2 heterocycles. The molecule has 0 bridgehead atoms. The number of hydrogen-bond donors (Lipinski definition) is 1. The summed E-state index contributed by atoms with van der Waals surface area (Å²) in [4.78, 5) is 12.8. The van der Waals surface area contributed by atoms with Crippen molar-refractivity contribution in [3.05, 3.63) is 65.9 Å². The fourth-order valence-electron chi connectivity index (χ4n) is 4.05. The zero-order valence-corrected chi connectivity index (χ0v) is 16.4. The Balaban J connectivity index is 1.53. The van der Waals surface area contributed by atoms with Crippen LogP contribution in [0.2, 0.25) is 0 Å². The number of fused-ring (bicyclic) bond motifs is 1. The number of aromatic nitrogens is 1. The third-order valence-electron chi connectivity index (χ3n) is 5.89. The molecule has 1 amide bonds. The number of carbonyl (C=O) groups is 1. The van der Waals surface area contributed by atoms with Gasteiger partial charge in [0.05, 0.1) is 7.11 Å². The molecule has 4 rings (SSSR count). The van der Waals surface area contributed by atoms with Crippen molar-refractivity contribution < 1.29 is 14.3 Å². The predicted molar refractivity (Wildman–Crippen MR) is 110 cm³/mol. The first-order valence-electron chi connectivity index (χ1n) is 9.67. The number of nitrogens with zero attached hydrogens (tertiary/aromatic N) is 1. The van der Waals surface area contributed by atoms with Gasteiger partial charge >= 0.3 is 0 Å². The lowest BCUT2D eigenvalue weighted by atomic mass is 9.74. The number of rotatable bonds is 5. The quantitative estimate of drug-likeness (QED) is 0.737. The van der Waals surface area contributed by atoms with Gasteiger partial charge in [-0.2, -0.15) is 0 Å². The zero-order chi connectivity index (χ0) is 19.6. The van der Waals surface area contributed by atoms with Gasteiger partial charge in [-0.1, -0.05) is 12.1 Å². The van der Waals surface area contributed by atoms with E-state index in [9.17, 15) is 4.79 Å². The first kappa shape index (κ1) is 18.6. The van der Waals surface area contributed by atoms with Gasteiger partial charge in [-0.05, 0) is 54.8 Å². The van der Waals surface area contributed by atoms with Crippen molar-refractivity contribution in [1.82, 2.24) is 9.88 Å². The number of amides is 1. The number of methoxy groups -OCH3 is 1. The third-order valence-corrected chi connectivity index (χ3v) is 5.89. The molecular weight excluding hydrogens is 352 g/mol. The van der Waals surface area contributed by atoms with Gasteiger partial charge in [0.25, 0.3) is 5.91 Å². The standard InChI is InChI=1S/C23H26N2O3/c1-25-12-9-17-15-18(3-8-21(17)25)22(26)24-16-23(10-13-28-14-11-23)19-4-6-20(27-2)7-5-19/h3-9,12,15H,10-11,13-14,16H2,1-2H3,(H,24,26). The van der Waals surface area contributed by atoms with E-state index in [1.807, 2.05) is 49.6 Å². The SMILES string of the molecule is COc1ccc(C2(CNC(=O)c3ccc4c(ccn4C)c3)CCOCC2)cc1. The van der Waals surface area contributed by atoms with Crippen LogP contribution in [-0.2, 0) is 17.2 Å². The van der Waals surface area contributed by atoms with Crippen LogP contribution in [0.3, 0.4) is 0 Å². The van der Waals surface area contributed by atoms with Gasteiger partial charge in [-0.15, -0.1) is 0 Å². The Kier molecular flexibility index (Phi) is 5.09. The first-order valence-corrected chi connectivity index (χ1v) is 9.67. The Labute approximate surface area is 165 Å². The molecule has 1 saturated heterocycles. The lowest BCUT2D eigenvalue weighted by Crippen LogP contribution is -2.44. The maximum atomic E-state index is 12.8. The highest BCUT2D eigenvalue weighted by Gasteiger charge is 2.35. The van der Waals surface area contributed by atoms with E-state index in [-0.39, 0.29) is 11.3 Å². The zero-order valence-electron chi connectivity index (χ0n) is 16.4. The number of aryl methyl sites for hydroxylation is 1. The Morgan fingerprint density at radius 1 is 1.14 bits per heavy atom. The predicted octanol–water partition coefficient (Wildman–Crippen LogP) is 3.67. The fourth-order valence-corrected chi connectivity index (χ4v) is 4.05. The summed E-state index contributed by atoms with van der Waals surface area (Å²) in [5.74, 6) is 0.802. The second kappa shape index (κ2) is 7.68. The number of nitrogens with one attached hydrogen (secondary N) is 1. The molecule has 0 unspecified atom stereocenters. The van der Waals surface area contributed by atoms with Gasteiger partial charge in [-0.25, -0.2) is 0 Å². The molecule has 0 spiro atoms. The lowest BCUT2D eigenvalue weighted by molar-refractivity contribution is 0.0487. The molecule has 146 valence electrons. The van der Waals surface area contributed by atoms with Crippen molar-refractivity contribution in [2.45, 2.75) is 18.3 Å². The average molecular weight is 378 g/mol. The van der Waals surface area contributed by atoms with Crippen molar-refractivity contribution in [3.8, 4) is 5.75 Å². The molecule has 1 aliphatic heterocycles. The smallest absolute Gasteiger partial charge is 0.251 e. The first-order chi connectivity index (χ1) is 13.6. The molecule has 2 aromatic carbocycles. The van der Waals surface area contributed by atoms with Crippen LogP contribution in [0.1, 0.15) is 28.8 Å². The molecule has 1 aliphatic rings. The lowest BCUT2D eigenvalue weighted by Gasteiger charge is -2.38. The van der Waals surface area contributed by atoms with Crippen molar-refractivity contribution in [2.24, 2.45) is 7.05 Å². The third kappa shape index (κ3) is 3.50. The second-order valence-corrected chi connectivity index (χ2v) is 7.50. The molecule has 1 aromatic heterocycles. The van der Waals surface area contributed by atoms with Crippen LogP contribution in [0.25, 0.3) is 10.9 Å². The Bertz CT molecular complexity index is 969. The summed E-state index contributed by atoms with van der Waals surface area (Å²) in [6.45, 7) is 2.00. The summed E-state index contributed by atoms with van der Waals surface area (Å²) >= 11 is 0. The molecule has 3 aromatic rings. The van der Waals surface area contributed by atoms with Gasteiger partial charge in [0, 0.05) is 54.9 Å². The van der Waals surface area contributed by atoms with E-state index in [1.54, 1.807) is 7.11 Å². The van der Waals surface area contributed by atoms with Crippen LogP contribution >= 0.6 is 0 Å². The average Bonchev–Trinajstić information content (AvgIpc) is 3.13. The molecule has 0 atom stereocenters. The monoisotopic (exact) mass is 378 g/mol. The summed E-state index contributed by atoms with van der Waals surface area (Å²) < 4.78 is 12.9. The van der Waals surface area contributed by atoms with Crippen molar-refractivity contribution >= 4 is 16.8 Å². The van der Waals surface area contributed by atoms with Gasteiger partial charge in [0.1, 0.15) is 5.75 Å². The minimum Gasteiger partial charge on any atom is -0.497 e. The second-order valence-electron chi connectivity index (χ2n) is 7.50. The fraction of sp³-hybridized carbons (Fsp3) is 0.348. The largest absolute Gasteiger partial charge is 0.497 e. The van der Waals surface area contributed by atoms with Crippen LogP contribution < -0.4 is 10.1 Å². The Morgan fingerprint density at radius 3 is 2.61 bits per heavy atom. The van der Waals surface area contributed by atoms with Gasteiger partial charge in [-0.3, -0.25) is 4.79 Å². The highest BCUT2D eigenvalue weighted by molar-refractivity contribution is 5.98. The Morgan fingerprint density at radius 2 is 1.89 bits per heavy atom. The number of ether oxygens (including phenoxy) is 2. The summed E-state index contributed by atoms with van der Waals surface area (Å²) in [7, 11) is 3.68. The Hall–Kier alpha value is -2.79. The molecule has 1 fully saturated rings. The summed E-state index contributed by atoms with van der Waals surface area (Å²) in [6, 6.07) is 16.0. The van der Waals surface area contributed by atoms with E-state index < -0.39 is 0 Å². The van der Waals surface area contributed by atoms with Crippen LogP contribution in [0.4, 0.5) is 0 Å². The number of benzene rings is 2. The van der Waals surface area contributed by atoms with Crippen molar-refractivity contribution in [2.75, 3.05) is 26.9 Å². The van der Waals surface area contributed by atoms with Crippen LogP contribution in [0.5, 0.6) is 5.75 Å². The highest BCUT2D eigenvalue weighted by atomic mass is 16.5. The summed E-state index contributed by atoms with van der Waals surface area (Å²) in [5, 5.41) is 4.25.